The van der Waals surface area contributed by atoms with Gasteiger partial charge in [0.25, 0.3) is 0 Å². The number of anilines is 1. The lowest BCUT2D eigenvalue weighted by Crippen LogP contribution is -2.35. The zero-order valence-electron chi connectivity index (χ0n) is 16.6. The maximum atomic E-state index is 5.49. The molecular formula is C21H20N8O. The summed E-state index contributed by atoms with van der Waals surface area (Å²) in [5.41, 5.74) is 3.37. The van der Waals surface area contributed by atoms with E-state index in [-0.39, 0.29) is 0 Å². The number of aromatic nitrogens is 7. The van der Waals surface area contributed by atoms with Gasteiger partial charge in [0.05, 0.1) is 23.5 Å². The van der Waals surface area contributed by atoms with Crippen LogP contribution in [0.2, 0.25) is 0 Å². The van der Waals surface area contributed by atoms with Crippen molar-refractivity contribution in [3.8, 4) is 22.6 Å². The number of rotatable bonds is 4. The summed E-state index contributed by atoms with van der Waals surface area (Å²) in [6.45, 7) is 4.22. The van der Waals surface area contributed by atoms with Crippen molar-refractivity contribution in [2.45, 2.75) is 38.8 Å². The Kier molecular flexibility index (Phi) is 3.87. The van der Waals surface area contributed by atoms with Crippen molar-refractivity contribution in [3.05, 3.63) is 54.1 Å². The second-order valence-electron chi connectivity index (χ2n) is 7.82. The predicted octanol–water partition coefficient (Wildman–Crippen LogP) is 2.99. The third-order valence-corrected chi connectivity index (χ3v) is 5.63. The van der Waals surface area contributed by atoms with Gasteiger partial charge in [-0.3, -0.25) is 4.98 Å². The molecule has 0 saturated heterocycles. The Morgan fingerprint density at radius 3 is 2.73 bits per heavy atom. The van der Waals surface area contributed by atoms with Crippen molar-refractivity contribution in [1.82, 2.24) is 34.9 Å². The average Bonchev–Trinajstić information content (AvgIpc) is 3.40. The van der Waals surface area contributed by atoms with Crippen LogP contribution in [-0.2, 0) is 13.1 Å². The molecule has 0 atom stereocenters. The average molecular weight is 400 g/mol. The van der Waals surface area contributed by atoms with E-state index < -0.39 is 0 Å². The Bertz CT molecular complexity index is 1210. The van der Waals surface area contributed by atoms with Crippen molar-refractivity contribution < 1.29 is 4.52 Å². The summed E-state index contributed by atoms with van der Waals surface area (Å²) in [6, 6.07) is 5.77. The summed E-state index contributed by atoms with van der Waals surface area (Å²) in [5.74, 6) is 4.03. The van der Waals surface area contributed by atoms with Gasteiger partial charge < -0.3 is 14.0 Å². The quantitative estimate of drug-likeness (QED) is 0.516. The minimum Gasteiger partial charge on any atom is -0.356 e. The standard InChI is InChI=1S/C21H20N8O/c1-13-10-17(30-27-13)16-11-23-21(24-19(16)14-4-6-22-7-5-14)28-8-9-29-18(12-28)25-26-20(29)15-2-3-15/h4-7,10-11,15H,2-3,8-9,12H2,1H3. The topological polar surface area (TPSA) is 98.7 Å². The molecule has 30 heavy (non-hydrogen) atoms. The van der Waals surface area contributed by atoms with Crippen molar-refractivity contribution in [2.24, 2.45) is 0 Å². The van der Waals surface area contributed by atoms with E-state index in [4.69, 9.17) is 9.51 Å². The number of pyridine rings is 1. The lowest BCUT2D eigenvalue weighted by molar-refractivity contribution is 0.427. The van der Waals surface area contributed by atoms with Crippen LogP contribution in [0.25, 0.3) is 22.6 Å². The Morgan fingerprint density at radius 1 is 1.10 bits per heavy atom. The summed E-state index contributed by atoms with van der Waals surface area (Å²) >= 11 is 0. The molecule has 0 aromatic carbocycles. The maximum absolute atomic E-state index is 5.49. The van der Waals surface area contributed by atoms with Crippen LogP contribution in [0, 0.1) is 6.92 Å². The lowest BCUT2D eigenvalue weighted by atomic mass is 10.1. The summed E-state index contributed by atoms with van der Waals surface area (Å²) in [6.07, 6.45) is 7.78. The maximum Gasteiger partial charge on any atom is 0.226 e. The van der Waals surface area contributed by atoms with Gasteiger partial charge in [-0.25, -0.2) is 9.97 Å². The van der Waals surface area contributed by atoms with Crippen molar-refractivity contribution in [1.29, 1.82) is 0 Å². The van der Waals surface area contributed by atoms with E-state index in [0.717, 1.165) is 47.3 Å². The van der Waals surface area contributed by atoms with Crippen molar-refractivity contribution in [2.75, 3.05) is 11.4 Å². The molecule has 1 aliphatic heterocycles. The summed E-state index contributed by atoms with van der Waals surface area (Å²) in [7, 11) is 0. The molecule has 1 saturated carbocycles. The third-order valence-electron chi connectivity index (χ3n) is 5.63. The van der Waals surface area contributed by atoms with Gasteiger partial charge in [-0.1, -0.05) is 5.16 Å². The molecule has 9 heteroatoms. The molecule has 0 unspecified atom stereocenters. The van der Waals surface area contributed by atoms with Crippen LogP contribution in [-0.4, -0.2) is 41.4 Å². The summed E-state index contributed by atoms with van der Waals surface area (Å²) in [5, 5.41) is 12.9. The Hall–Kier alpha value is -3.62. The fraction of sp³-hybridized carbons (Fsp3) is 0.333. The van der Waals surface area contributed by atoms with E-state index in [0.29, 0.717) is 24.2 Å². The highest BCUT2D eigenvalue weighted by Gasteiger charge is 2.32. The SMILES string of the molecule is Cc1cc(-c2cnc(N3CCn4c(nnc4C4CC4)C3)nc2-c2ccncc2)on1. The largest absolute Gasteiger partial charge is 0.356 e. The highest BCUT2D eigenvalue weighted by Crippen LogP contribution is 2.40. The zero-order chi connectivity index (χ0) is 20.1. The first kappa shape index (κ1) is 17.3. The molecule has 0 amide bonds. The smallest absolute Gasteiger partial charge is 0.226 e. The van der Waals surface area contributed by atoms with Gasteiger partial charge in [0.1, 0.15) is 5.82 Å². The molecule has 0 bridgehead atoms. The second-order valence-corrected chi connectivity index (χ2v) is 7.82. The minimum absolute atomic E-state index is 0.594. The summed E-state index contributed by atoms with van der Waals surface area (Å²) < 4.78 is 7.76. The molecular weight excluding hydrogens is 380 g/mol. The highest BCUT2D eigenvalue weighted by molar-refractivity contribution is 5.78. The molecule has 1 fully saturated rings. The second kappa shape index (κ2) is 6.72. The van der Waals surface area contributed by atoms with Gasteiger partial charge in [0.2, 0.25) is 5.95 Å². The third kappa shape index (κ3) is 2.94. The van der Waals surface area contributed by atoms with Gasteiger partial charge >= 0.3 is 0 Å². The zero-order valence-corrected chi connectivity index (χ0v) is 16.6. The van der Waals surface area contributed by atoms with Crippen LogP contribution in [0.15, 0.2) is 41.3 Å². The highest BCUT2D eigenvalue weighted by atomic mass is 16.5. The van der Waals surface area contributed by atoms with Crippen molar-refractivity contribution >= 4 is 5.95 Å². The number of hydrogen-bond acceptors (Lipinski definition) is 8. The number of aryl methyl sites for hydroxylation is 1. The Balaban J connectivity index is 1.38. The van der Waals surface area contributed by atoms with Crippen LogP contribution in [0.1, 0.15) is 36.1 Å². The van der Waals surface area contributed by atoms with E-state index in [1.165, 1.54) is 12.8 Å². The molecule has 6 rings (SSSR count). The Labute approximate surface area is 172 Å². The van der Waals surface area contributed by atoms with Crippen LogP contribution in [0.3, 0.4) is 0 Å². The molecule has 4 aromatic rings. The van der Waals surface area contributed by atoms with E-state index in [1.807, 2.05) is 31.3 Å². The van der Waals surface area contributed by atoms with Gasteiger partial charge in [0, 0.05) is 49.2 Å². The molecule has 4 aromatic heterocycles. The van der Waals surface area contributed by atoms with Crippen LogP contribution in [0.5, 0.6) is 0 Å². The van der Waals surface area contributed by atoms with Crippen LogP contribution < -0.4 is 4.90 Å². The molecule has 5 heterocycles. The Morgan fingerprint density at radius 2 is 1.97 bits per heavy atom. The predicted molar refractivity (Wildman–Crippen MR) is 109 cm³/mol. The fourth-order valence-electron chi connectivity index (χ4n) is 3.92. The molecule has 2 aliphatic rings. The van der Waals surface area contributed by atoms with Gasteiger partial charge in [-0.05, 0) is 31.9 Å². The normalized spacial score (nSPS) is 16.0. The number of fused-ring (bicyclic) bond motifs is 1. The monoisotopic (exact) mass is 400 g/mol. The van der Waals surface area contributed by atoms with Gasteiger partial charge in [-0.15, -0.1) is 10.2 Å². The summed E-state index contributed by atoms with van der Waals surface area (Å²) in [4.78, 5) is 15.9. The van der Waals surface area contributed by atoms with Gasteiger partial charge in [0.15, 0.2) is 11.6 Å². The molecule has 9 nitrogen and oxygen atoms in total. The van der Waals surface area contributed by atoms with Crippen LogP contribution >= 0.6 is 0 Å². The van der Waals surface area contributed by atoms with Crippen molar-refractivity contribution in [3.63, 3.8) is 0 Å². The first-order valence-corrected chi connectivity index (χ1v) is 10.1. The molecule has 0 radical (unpaired) electrons. The first-order chi connectivity index (χ1) is 14.8. The van der Waals surface area contributed by atoms with Crippen LogP contribution in [0.4, 0.5) is 5.95 Å². The number of nitrogens with zero attached hydrogens (tertiary/aromatic N) is 8. The molecule has 0 spiro atoms. The minimum atomic E-state index is 0.594. The van der Waals surface area contributed by atoms with E-state index in [1.54, 1.807) is 12.4 Å². The molecule has 0 N–H and O–H groups in total. The lowest BCUT2D eigenvalue weighted by Gasteiger charge is -2.28. The fourth-order valence-corrected chi connectivity index (χ4v) is 3.92. The van der Waals surface area contributed by atoms with E-state index >= 15 is 0 Å². The van der Waals surface area contributed by atoms with Gasteiger partial charge in [-0.2, -0.15) is 0 Å². The number of hydrogen-bond donors (Lipinski definition) is 0. The molecule has 150 valence electrons. The molecule has 1 aliphatic carbocycles. The first-order valence-electron chi connectivity index (χ1n) is 10.1. The van der Waals surface area contributed by atoms with E-state index in [9.17, 15) is 0 Å². The van der Waals surface area contributed by atoms with E-state index in [2.05, 4.69) is 34.8 Å².